The second kappa shape index (κ2) is 17.1. The quantitative estimate of drug-likeness (QED) is 0.0384. The molecule has 1 heterocycles. The monoisotopic (exact) mass is 851 g/mol. The fraction of sp³-hybridized carbons (Fsp3) is 0.0789. The van der Waals surface area contributed by atoms with Gasteiger partial charge in [-0.3, -0.25) is 18.7 Å². The normalized spacial score (nSPS) is 12.1. The molecule has 0 fully saturated rings. The average Bonchev–Trinajstić information content (AvgIpc) is 3.47. The fourth-order valence-electron chi connectivity index (χ4n) is 5.40. The van der Waals surface area contributed by atoms with Crippen molar-refractivity contribution in [3.05, 3.63) is 120 Å². The molecule has 0 aliphatic heterocycles. The first-order valence-corrected chi connectivity index (χ1v) is 20.2. The van der Waals surface area contributed by atoms with Crippen LogP contribution in [-0.4, -0.2) is 52.6 Å². The lowest BCUT2D eigenvalue weighted by molar-refractivity contribution is -0.114. The SMILES string of the molecule is CC(=O)Nc1cc(N=Nc2ccc(N=Nc3c(C)nn(-c4cccc(NC(=O)c5ccc(N)cc5)c4)c3O)cc2C)c(S(=O)(=O)O)cc1N=Nc1ccc(S(=O)(=O)O)cc1. The summed E-state index contributed by atoms with van der Waals surface area (Å²) in [6.45, 7) is 4.50. The second-order valence-corrected chi connectivity index (χ2v) is 15.6. The van der Waals surface area contributed by atoms with Crippen molar-refractivity contribution in [3.8, 4) is 11.6 Å². The van der Waals surface area contributed by atoms with Gasteiger partial charge in [0.15, 0.2) is 5.69 Å². The Kier molecular flexibility index (Phi) is 12.0. The van der Waals surface area contributed by atoms with Crippen LogP contribution in [0.2, 0.25) is 0 Å². The Labute approximate surface area is 341 Å². The van der Waals surface area contributed by atoms with E-state index in [1.807, 2.05) is 0 Å². The number of aryl methyl sites for hydroxylation is 2. The van der Waals surface area contributed by atoms with Gasteiger partial charge in [-0.1, -0.05) is 6.07 Å². The maximum Gasteiger partial charge on any atom is 0.296 e. The summed E-state index contributed by atoms with van der Waals surface area (Å²) in [5.41, 5.74) is 8.58. The van der Waals surface area contributed by atoms with Gasteiger partial charge in [0.1, 0.15) is 16.3 Å². The molecule has 0 radical (unpaired) electrons. The molecule has 0 saturated carbocycles. The van der Waals surface area contributed by atoms with Gasteiger partial charge < -0.3 is 21.5 Å². The van der Waals surface area contributed by atoms with Gasteiger partial charge >= 0.3 is 0 Å². The fourth-order valence-corrected chi connectivity index (χ4v) is 6.50. The van der Waals surface area contributed by atoms with Crippen LogP contribution in [0.15, 0.2) is 144 Å². The zero-order chi connectivity index (χ0) is 43.4. The van der Waals surface area contributed by atoms with Gasteiger partial charge in [0.2, 0.25) is 11.8 Å². The van der Waals surface area contributed by atoms with Crippen LogP contribution in [0.1, 0.15) is 28.5 Å². The molecule has 0 saturated heterocycles. The minimum absolute atomic E-state index is 0.0506. The molecule has 5 aromatic carbocycles. The molecular formula is C38H33N11O9S2. The number of rotatable bonds is 12. The Bertz CT molecular complexity index is 2970. The Morgan fingerprint density at radius 3 is 2.00 bits per heavy atom. The van der Waals surface area contributed by atoms with Gasteiger partial charge in [-0.2, -0.15) is 42.0 Å². The van der Waals surface area contributed by atoms with Crippen LogP contribution in [0.5, 0.6) is 5.88 Å². The van der Waals surface area contributed by atoms with Crippen molar-refractivity contribution in [2.75, 3.05) is 16.4 Å². The zero-order valence-electron chi connectivity index (χ0n) is 31.6. The molecule has 1 aromatic heterocycles. The molecule has 0 atom stereocenters. The number of nitrogens with zero attached hydrogens (tertiary/aromatic N) is 8. The highest BCUT2D eigenvalue weighted by molar-refractivity contribution is 7.86. The lowest BCUT2D eigenvalue weighted by Gasteiger charge is -2.10. The van der Waals surface area contributed by atoms with Crippen LogP contribution in [0, 0.1) is 13.8 Å². The van der Waals surface area contributed by atoms with Gasteiger partial charge in [-0.25, -0.2) is 0 Å². The Morgan fingerprint density at radius 2 is 1.35 bits per heavy atom. The summed E-state index contributed by atoms with van der Waals surface area (Å²) in [5, 5.41) is 45.3. The van der Waals surface area contributed by atoms with Gasteiger partial charge in [0.05, 0.1) is 39.0 Å². The maximum absolute atomic E-state index is 12.7. The van der Waals surface area contributed by atoms with E-state index in [0.717, 1.165) is 24.3 Å². The third-order valence-corrected chi connectivity index (χ3v) is 10.1. The first-order chi connectivity index (χ1) is 28.3. The summed E-state index contributed by atoms with van der Waals surface area (Å²) in [6, 6.07) is 24.4. The summed E-state index contributed by atoms with van der Waals surface area (Å²) < 4.78 is 68.1. The number of benzene rings is 5. The highest BCUT2D eigenvalue weighted by Gasteiger charge is 2.21. The van der Waals surface area contributed by atoms with Crippen LogP contribution in [0.4, 0.5) is 51.2 Å². The third-order valence-electron chi connectivity index (χ3n) is 8.31. The number of nitrogen functional groups attached to an aromatic ring is 1. The van der Waals surface area contributed by atoms with Crippen molar-refractivity contribution in [1.82, 2.24) is 9.78 Å². The molecule has 2 amide bonds. The molecule has 0 aliphatic rings. The van der Waals surface area contributed by atoms with Crippen molar-refractivity contribution in [1.29, 1.82) is 0 Å². The highest BCUT2D eigenvalue weighted by atomic mass is 32.2. The molecule has 60 heavy (non-hydrogen) atoms. The molecule has 0 spiro atoms. The van der Waals surface area contributed by atoms with E-state index in [1.54, 1.807) is 68.4 Å². The van der Waals surface area contributed by atoms with Crippen LogP contribution >= 0.6 is 0 Å². The number of carbonyl (C=O) groups is 2. The predicted molar refractivity (Wildman–Crippen MR) is 219 cm³/mol. The minimum Gasteiger partial charge on any atom is -0.492 e. The number of hydrogen-bond donors (Lipinski definition) is 6. The van der Waals surface area contributed by atoms with Crippen molar-refractivity contribution in [2.45, 2.75) is 30.6 Å². The highest BCUT2D eigenvalue weighted by Crippen LogP contribution is 2.39. The maximum atomic E-state index is 12.7. The summed E-state index contributed by atoms with van der Waals surface area (Å²) >= 11 is 0. The van der Waals surface area contributed by atoms with E-state index in [0.29, 0.717) is 39.6 Å². The molecule has 7 N–H and O–H groups in total. The van der Waals surface area contributed by atoms with Gasteiger partial charge in [0, 0.05) is 23.9 Å². The van der Waals surface area contributed by atoms with Gasteiger partial charge in [-0.15, -0.1) is 15.3 Å². The number of nitrogens with one attached hydrogen (secondary N) is 2. The topological polar surface area (TPSA) is 305 Å². The molecule has 6 rings (SSSR count). The van der Waals surface area contributed by atoms with Crippen molar-refractivity contribution >= 4 is 83.2 Å². The molecule has 0 aliphatic carbocycles. The number of anilines is 3. The molecule has 0 bridgehead atoms. The molecule has 306 valence electrons. The van der Waals surface area contributed by atoms with Crippen molar-refractivity contribution < 1.29 is 40.6 Å². The summed E-state index contributed by atoms with van der Waals surface area (Å²) in [6.07, 6.45) is 0. The van der Waals surface area contributed by atoms with Crippen LogP contribution in [0.3, 0.4) is 0 Å². The zero-order valence-corrected chi connectivity index (χ0v) is 33.2. The van der Waals surface area contributed by atoms with E-state index in [4.69, 9.17) is 5.73 Å². The lowest BCUT2D eigenvalue weighted by Crippen LogP contribution is -2.12. The third kappa shape index (κ3) is 10.1. The van der Waals surface area contributed by atoms with Crippen LogP contribution in [0.25, 0.3) is 5.69 Å². The summed E-state index contributed by atoms with van der Waals surface area (Å²) in [5.74, 6) is -1.23. The minimum atomic E-state index is -4.94. The number of hydrogen-bond acceptors (Lipinski definition) is 15. The second-order valence-electron chi connectivity index (χ2n) is 12.8. The number of amides is 2. The lowest BCUT2D eigenvalue weighted by atomic mass is 10.2. The molecule has 20 nitrogen and oxygen atoms in total. The molecule has 22 heteroatoms. The number of carbonyl (C=O) groups excluding carboxylic acids is 2. The predicted octanol–water partition coefficient (Wildman–Crippen LogP) is 8.73. The molecule has 6 aromatic rings. The summed E-state index contributed by atoms with van der Waals surface area (Å²) in [4.78, 5) is 23.6. The molecular weight excluding hydrogens is 819 g/mol. The first kappa shape index (κ1) is 42.1. The summed E-state index contributed by atoms with van der Waals surface area (Å²) in [7, 11) is -9.40. The van der Waals surface area contributed by atoms with E-state index < -0.39 is 35.9 Å². The van der Waals surface area contributed by atoms with Crippen LogP contribution < -0.4 is 16.4 Å². The standard InChI is InChI=1S/C38H33N11O9S2/c1-21-17-28(43-47-36-22(2)48-49(38(36)52)29-6-4-5-27(18-29)41-37(51)24-7-9-25(39)10-8-24)13-16-31(21)44-46-34-19-32(40-23(3)50)33(20-35(34)60(56,57)58)45-42-26-11-14-30(15-12-26)59(53,54)55/h4-20,52H,39H2,1-3H3,(H,40,50)(H,41,51)(H,53,54,55)(H,56,57,58). The number of azo groups is 3. The van der Waals surface area contributed by atoms with E-state index in [9.17, 15) is 40.6 Å². The van der Waals surface area contributed by atoms with Crippen molar-refractivity contribution in [2.24, 2.45) is 30.7 Å². The molecule has 0 unspecified atom stereocenters. The average molecular weight is 852 g/mol. The van der Waals surface area contributed by atoms with Crippen molar-refractivity contribution in [3.63, 3.8) is 0 Å². The van der Waals surface area contributed by atoms with E-state index in [-0.39, 0.29) is 45.9 Å². The van der Waals surface area contributed by atoms with E-state index in [1.165, 1.54) is 35.9 Å². The Hall–Kier alpha value is -7.53. The number of nitrogens with two attached hydrogens (primary N) is 1. The van der Waals surface area contributed by atoms with Gasteiger partial charge in [-0.05, 0) is 116 Å². The van der Waals surface area contributed by atoms with E-state index in [2.05, 4.69) is 46.4 Å². The van der Waals surface area contributed by atoms with Gasteiger partial charge in [0.25, 0.3) is 26.1 Å². The van der Waals surface area contributed by atoms with E-state index >= 15 is 0 Å². The first-order valence-electron chi connectivity index (χ1n) is 17.3. The largest absolute Gasteiger partial charge is 0.492 e. The number of aromatic nitrogens is 2. The Morgan fingerprint density at radius 1 is 0.700 bits per heavy atom. The Balaban J connectivity index is 1.22. The smallest absolute Gasteiger partial charge is 0.296 e. The van der Waals surface area contributed by atoms with Crippen LogP contribution in [-0.2, 0) is 25.0 Å². The number of aromatic hydroxyl groups is 1.